The number of hydrogen-bond acceptors (Lipinski definition) is 4. The molecular weight excluding hydrogens is 258 g/mol. The maximum Gasteiger partial charge on any atom is 0.260 e. The quantitative estimate of drug-likeness (QED) is 0.882. The minimum Gasteiger partial charge on any atom is -0.493 e. The van der Waals surface area contributed by atoms with Crippen LogP contribution in [0.15, 0.2) is 24.3 Å². The van der Waals surface area contributed by atoms with Crippen LogP contribution >= 0.6 is 0 Å². The van der Waals surface area contributed by atoms with Gasteiger partial charge in [0.2, 0.25) is 0 Å². The number of benzene rings is 1. The maximum atomic E-state index is 12.1. The maximum absolute atomic E-state index is 12.1. The van der Waals surface area contributed by atoms with Crippen LogP contribution in [0.3, 0.4) is 0 Å². The molecule has 2 rings (SSSR count). The molecule has 2 atom stereocenters. The highest BCUT2D eigenvalue weighted by Crippen LogP contribution is 2.26. The van der Waals surface area contributed by atoms with E-state index in [9.17, 15) is 9.90 Å². The molecule has 0 saturated carbocycles. The van der Waals surface area contributed by atoms with E-state index < -0.39 is 0 Å². The van der Waals surface area contributed by atoms with E-state index >= 15 is 0 Å². The highest BCUT2D eigenvalue weighted by molar-refractivity contribution is 5.78. The molecule has 0 spiro atoms. The fraction of sp³-hybridized carbons (Fsp3) is 0.533. The molecule has 0 bridgehead atoms. The van der Waals surface area contributed by atoms with Crippen molar-refractivity contribution >= 4 is 5.91 Å². The Morgan fingerprint density at radius 2 is 2.15 bits per heavy atom. The summed E-state index contributed by atoms with van der Waals surface area (Å²) < 4.78 is 10.7. The van der Waals surface area contributed by atoms with Gasteiger partial charge in [0.15, 0.2) is 18.1 Å². The summed E-state index contributed by atoms with van der Waals surface area (Å²) in [6.45, 7) is 3.05. The smallest absolute Gasteiger partial charge is 0.260 e. The molecule has 0 aromatic heterocycles. The lowest BCUT2D eigenvalue weighted by Gasteiger charge is -2.18. The van der Waals surface area contributed by atoms with Gasteiger partial charge in [-0.2, -0.15) is 0 Å². The van der Waals surface area contributed by atoms with Gasteiger partial charge in [0, 0.05) is 19.0 Å². The third-order valence-corrected chi connectivity index (χ3v) is 3.68. The van der Waals surface area contributed by atoms with Crippen LogP contribution in [-0.4, -0.2) is 48.8 Å². The van der Waals surface area contributed by atoms with Gasteiger partial charge in [0.05, 0.1) is 13.2 Å². The van der Waals surface area contributed by atoms with Crippen molar-refractivity contribution in [1.82, 2.24) is 4.90 Å². The standard InChI is InChI=1S/C15H21NO4/c1-11(17)12-7-8-16(9-12)15(18)10-20-14-6-4-3-5-13(14)19-2/h3-6,11-12,17H,7-10H2,1-2H3. The number of aliphatic hydroxyl groups excluding tert-OH is 1. The number of ether oxygens (including phenoxy) is 2. The second-order valence-electron chi connectivity index (χ2n) is 5.07. The third kappa shape index (κ3) is 3.42. The molecule has 5 nitrogen and oxygen atoms in total. The second-order valence-corrected chi connectivity index (χ2v) is 5.07. The topological polar surface area (TPSA) is 59.0 Å². The van der Waals surface area contributed by atoms with E-state index in [1.54, 1.807) is 31.1 Å². The summed E-state index contributed by atoms with van der Waals surface area (Å²) in [7, 11) is 1.57. The Labute approximate surface area is 119 Å². The minimum atomic E-state index is -0.372. The van der Waals surface area contributed by atoms with Crippen LogP contribution in [0, 0.1) is 5.92 Å². The third-order valence-electron chi connectivity index (χ3n) is 3.68. The van der Waals surface area contributed by atoms with Gasteiger partial charge in [-0.05, 0) is 25.5 Å². The minimum absolute atomic E-state index is 0.00704. The molecule has 1 saturated heterocycles. The van der Waals surface area contributed by atoms with E-state index in [1.807, 2.05) is 12.1 Å². The molecule has 1 aliphatic heterocycles. The summed E-state index contributed by atoms with van der Waals surface area (Å²) >= 11 is 0. The van der Waals surface area contributed by atoms with Gasteiger partial charge >= 0.3 is 0 Å². The van der Waals surface area contributed by atoms with Crippen molar-refractivity contribution in [3.8, 4) is 11.5 Å². The van der Waals surface area contributed by atoms with E-state index in [1.165, 1.54) is 0 Å². The molecule has 0 radical (unpaired) electrons. The van der Waals surface area contributed by atoms with Crippen LogP contribution in [0.4, 0.5) is 0 Å². The highest BCUT2D eigenvalue weighted by atomic mass is 16.5. The predicted octanol–water partition coefficient (Wildman–Crippen LogP) is 1.30. The molecular formula is C15H21NO4. The summed E-state index contributed by atoms with van der Waals surface area (Å²) in [5.74, 6) is 1.29. The zero-order valence-electron chi connectivity index (χ0n) is 11.9. The number of nitrogens with zero attached hydrogens (tertiary/aromatic N) is 1. The van der Waals surface area contributed by atoms with Crippen molar-refractivity contribution in [1.29, 1.82) is 0 Å². The van der Waals surface area contributed by atoms with E-state index in [2.05, 4.69) is 0 Å². The number of rotatable bonds is 5. The van der Waals surface area contributed by atoms with Crippen LogP contribution in [0.5, 0.6) is 11.5 Å². The summed E-state index contributed by atoms with van der Waals surface area (Å²) in [5.41, 5.74) is 0. The highest BCUT2D eigenvalue weighted by Gasteiger charge is 2.29. The van der Waals surface area contributed by atoms with Crippen molar-refractivity contribution < 1.29 is 19.4 Å². The summed E-state index contributed by atoms with van der Waals surface area (Å²) in [6.07, 6.45) is 0.473. The monoisotopic (exact) mass is 279 g/mol. The molecule has 1 aliphatic rings. The first-order valence-electron chi connectivity index (χ1n) is 6.83. The lowest BCUT2D eigenvalue weighted by molar-refractivity contribution is -0.132. The van der Waals surface area contributed by atoms with Crippen LogP contribution in [0.1, 0.15) is 13.3 Å². The zero-order valence-corrected chi connectivity index (χ0v) is 11.9. The summed E-state index contributed by atoms with van der Waals surface area (Å²) in [4.78, 5) is 13.8. The molecule has 5 heteroatoms. The van der Waals surface area contributed by atoms with Crippen LogP contribution in [0.25, 0.3) is 0 Å². The number of aliphatic hydroxyl groups is 1. The number of carbonyl (C=O) groups excluding carboxylic acids is 1. The fourth-order valence-electron chi connectivity index (χ4n) is 2.38. The van der Waals surface area contributed by atoms with Gasteiger partial charge in [-0.3, -0.25) is 4.79 Å². The van der Waals surface area contributed by atoms with Crippen molar-refractivity contribution in [2.45, 2.75) is 19.4 Å². The van der Waals surface area contributed by atoms with Gasteiger partial charge in [-0.15, -0.1) is 0 Å². The van der Waals surface area contributed by atoms with Crippen molar-refractivity contribution in [3.05, 3.63) is 24.3 Å². The Bertz CT molecular complexity index is 461. The van der Waals surface area contributed by atoms with Crippen molar-refractivity contribution in [2.24, 2.45) is 5.92 Å². The van der Waals surface area contributed by atoms with Crippen LogP contribution in [-0.2, 0) is 4.79 Å². The average molecular weight is 279 g/mol. The predicted molar refractivity (Wildman–Crippen MR) is 74.9 cm³/mol. The van der Waals surface area contributed by atoms with Gasteiger partial charge in [-0.1, -0.05) is 12.1 Å². The van der Waals surface area contributed by atoms with Gasteiger partial charge in [-0.25, -0.2) is 0 Å². The number of para-hydroxylation sites is 2. The first-order valence-corrected chi connectivity index (χ1v) is 6.83. The molecule has 2 unspecified atom stereocenters. The van der Waals surface area contributed by atoms with E-state index in [4.69, 9.17) is 9.47 Å². The Kier molecular flexibility index (Phi) is 4.84. The van der Waals surface area contributed by atoms with E-state index in [-0.39, 0.29) is 24.5 Å². The molecule has 1 aromatic rings. The Balaban J connectivity index is 1.87. The van der Waals surface area contributed by atoms with Crippen molar-refractivity contribution in [2.75, 3.05) is 26.8 Å². The molecule has 110 valence electrons. The Hall–Kier alpha value is -1.75. The second kappa shape index (κ2) is 6.61. The van der Waals surface area contributed by atoms with Crippen molar-refractivity contribution in [3.63, 3.8) is 0 Å². The first-order chi connectivity index (χ1) is 9.61. The SMILES string of the molecule is COc1ccccc1OCC(=O)N1CCC(C(C)O)C1. The number of amides is 1. The first kappa shape index (κ1) is 14.7. The Morgan fingerprint density at radius 3 is 2.75 bits per heavy atom. The number of hydrogen-bond donors (Lipinski definition) is 1. The Morgan fingerprint density at radius 1 is 1.45 bits per heavy atom. The molecule has 1 amide bonds. The van der Waals surface area contributed by atoms with Gasteiger partial charge in [0.1, 0.15) is 0 Å². The normalized spacial score (nSPS) is 19.8. The average Bonchev–Trinajstić information content (AvgIpc) is 2.95. The summed E-state index contributed by atoms with van der Waals surface area (Å²) in [6, 6.07) is 7.25. The number of likely N-dealkylation sites (tertiary alicyclic amines) is 1. The van der Waals surface area contributed by atoms with Crippen LogP contribution < -0.4 is 9.47 Å². The lowest BCUT2D eigenvalue weighted by Crippen LogP contribution is -2.34. The largest absolute Gasteiger partial charge is 0.493 e. The molecule has 1 heterocycles. The molecule has 1 fully saturated rings. The van der Waals surface area contributed by atoms with E-state index in [0.717, 1.165) is 6.42 Å². The number of carbonyl (C=O) groups is 1. The molecule has 0 aliphatic carbocycles. The molecule has 1 N–H and O–H groups in total. The summed E-state index contributed by atoms with van der Waals surface area (Å²) in [5, 5.41) is 9.54. The molecule has 20 heavy (non-hydrogen) atoms. The lowest BCUT2D eigenvalue weighted by atomic mass is 10.0. The zero-order chi connectivity index (χ0) is 14.5. The van der Waals surface area contributed by atoms with E-state index in [0.29, 0.717) is 24.6 Å². The van der Waals surface area contributed by atoms with Gasteiger partial charge < -0.3 is 19.5 Å². The molecule has 1 aromatic carbocycles. The van der Waals surface area contributed by atoms with Crippen LogP contribution in [0.2, 0.25) is 0 Å². The van der Waals surface area contributed by atoms with Gasteiger partial charge in [0.25, 0.3) is 5.91 Å². The fourth-order valence-corrected chi connectivity index (χ4v) is 2.38. The number of methoxy groups -OCH3 is 1.